The van der Waals surface area contributed by atoms with Crippen LogP contribution in [0.5, 0.6) is 0 Å². The molecular formula is HFKNbO3. The first-order valence-corrected chi connectivity index (χ1v) is 4.24. The van der Waals surface area contributed by atoms with Crippen molar-refractivity contribution >= 4 is 51.4 Å². The zero-order chi connectivity index (χ0) is 4.50. The first kappa shape index (κ1) is 10.6. The first-order chi connectivity index (χ1) is 2.00. The van der Waals surface area contributed by atoms with Gasteiger partial charge in [0.15, 0.2) is 0 Å². The van der Waals surface area contributed by atoms with Crippen LogP contribution in [0.4, 0.5) is 3.02 Å². The molecule has 0 aromatic heterocycles. The van der Waals surface area contributed by atoms with Crippen molar-refractivity contribution < 1.29 is 30.4 Å². The summed E-state index contributed by atoms with van der Waals surface area (Å²) in [5.74, 6) is 0. The summed E-state index contributed by atoms with van der Waals surface area (Å²) in [6.07, 6.45) is 0. The molecule has 0 saturated heterocycles. The van der Waals surface area contributed by atoms with E-state index in [1.165, 1.54) is 0 Å². The molecule has 0 saturated carbocycles. The summed E-state index contributed by atoms with van der Waals surface area (Å²) in [5.41, 5.74) is 0. The molecule has 0 atom stereocenters. The van der Waals surface area contributed by atoms with Crippen molar-refractivity contribution in [1.29, 1.82) is 0 Å². The van der Waals surface area contributed by atoms with Crippen LogP contribution in [0.3, 0.4) is 0 Å². The Balaban J connectivity index is 0. The van der Waals surface area contributed by atoms with Crippen molar-refractivity contribution in [2.75, 3.05) is 0 Å². The van der Waals surface area contributed by atoms with Crippen LogP contribution in [0.2, 0.25) is 0 Å². The zero-order valence-corrected chi connectivity index (χ0v) is 4.25. The Labute approximate surface area is 80.0 Å². The standard InChI is InChI=1S/FH.K.Nb.3O.H/h1H;;;;;;/q;;+1;;;;/p-1. The van der Waals surface area contributed by atoms with Crippen LogP contribution in [-0.2, 0) is 27.3 Å². The van der Waals surface area contributed by atoms with E-state index in [-0.39, 0.29) is 51.4 Å². The number of halogens is 1. The van der Waals surface area contributed by atoms with Crippen LogP contribution < -0.4 is 0 Å². The Hall–Kier alpha value is 1.71. The second kappa shape index (κ2) is 3.68. The molecule has 0 aliphatic rings. The molecule has 0 aliphatic heterocycles. The van der Waals surface area contributed by atoms with Crippen molar-refractivity contribution in [2.24, 2.45) is 0 Å². The summed E-state index contributed by atoms with van der Waals surface area (Å²) in [5, 5.41) is 0. The number of rotatable bonds is 0. The summed E-state index contributed by atoms with van der Waals surface area (Å²) in [6, 6.07) is 0. The van der Waals surface area contributed by atoms with Crippen molar-refractivity contribution in [3.05, 3.63) is 0 Å². The molecule has 0 unspecified atom stereocenters. The third-order valence-electron chi connectivity index (χ3n) is 0. The third kappa shape index (κ3) is 43.4. The summed E-state index contributed by atoms with van der Waals surface area (Å²) in [7, 11) is 0. The van der Waals surface area contributed by atoms with Gasteiger partial charge in [-0.2, -0.15) is 0 Å². The van der Waals surface area contributed by atoms with E-state index in [4.69, 9.17) is 9.75 Å². The quantitative estimate of drug-likeness (QED) is 0.491. The van der Waals surface area contributed by atoms with Gasteiger partial charge in [0.25, 0.3) is 0 Å². The normalized spacial score (nSPS) is 6.83. The third-order valence-corrected chi connectivity index (χ3v) is 0. The molecule has 0 aliphatic carbocycles. The second-order valence-electron chi connectivity index (χ2n) is 0.431. The molecule has 0 N–H and O–H groups in total. The molecule has 3 nitrogen and oxygen atoms in total. The van der Waals surface area contributed by atoms with Gasteiger partial charge in [-0.05, 0) is 0 Å². The predicted octanol–water partition coefficient (Wildman–Crippen LogP) is -0.587. The average Bonchev–Trinajstić information content (AvgIpc) is 0.722. The van der Waals surface area contributed by atoms with Gasteiger partial charge in [-0.1, -0.05) is 0 Å². The Kier molecular flexibility index (Phi) is 6.52. The molecule has 0 bridgehead atoms. The topological polar surface area (TPSA) is 51.2 Å². The predicted molar refractivity (Wildman–Crippen MR) is 10.3 cm³/mol. The number of hydrogen-bond donors (Lipinski definition) is 0. The van der Waals surface area contributed by atoms with E-state index in [0.717, 1.165) is 0 Å². The summed E-state index contributed by atoms with van der Waals surface area (Å²) >= 11 is -6.35. The molecule has 0 aromatic rings. The van der Waals surface area contributed by atoms with Gasteiger partial charge < -0.3 is 0 Å². The van der Waals surface area contributed by atoms with E-state index >= 15 is 0 Å². The van der Waals surface area contributed by atoms with Crippen LogP contribution in [0, 0.1) is 0 Å². The van der Waals surface area contributed by atoms with Gasteiger partial charge in [0, 0.05) is 0 Å². The van der Waals surface area contributed by atoms with Gasteiger partial charge in [-0.25, -0.2) is 0 Å². The monoisotopic (exact) mass is 200 g/mol. The molecule has 32 valence electrons. The summed E-state index contributed by atoms with van der Waals surface area (Å²) in [6.45, 7) is 0. The van der Waals surface area contributed by atoms with Crippen LogP contribution in [0.15, 0.2) is 0 Å². The minimum atomic E-state index is -6.35. The van der Waals surface area contributed by atoms with Gasteiger partial charge in [0.1, 0.15) is 0 Å². The molecule has 0 radical (unpaired) electrons. The van der Waals surface area contributed by atoms with Crippen molar-refractivity contribution in [1.82, 2.24) is 0 Å². The van der Waals surface area contributed by atoms with Crippen LogP contribution in [-0.4, -0.2) is 51.4 Å². The molecular weight excluding hydrogens is 199 g/mol. The Morgan fingerprint density at radius 3 is 1.17 bits per heavy atom. The van der Waals surface area contributed by atoms with Gasteiger partial charge in [-0.3, -0.25) is 0 Å². The van der Waals surface area contributed by atoms with Gasteiger partial charge >= 0.3 is 81.8 Å². The molecule has 0 heterocycles. The fraction of sp³-hybridized carbons (Fsp3) is 0. The molecule has 6 heavy (non-hydrogen) atoms. The van der Waals surface area contributed by atoms with Crippen molar-refractivity contribution in [3.8, 4) is 0 Å². The maximum atomic E-state index is 10.2. The van der Waals surface area contributed by atoms with E-state index in [0.29, 0.717) is 0 Å². The van der Waals surface area contributed by atoms with Crippen LogP contribution in [0.25, 0.3) is 0 Å². The van der Waals surface area contributed by atoms with E-state index < -0.39 is 17.6 Å². The van der Waals surface area contributed by atoms with E-state index in [1.807, 2.05) is 0 Å². The fourth-order valence-electron chi connectivity index (χ4n) is 0. The van der Waals surface area contributed by atoms with E-state index in [9.17, 15) is 3.02 Å². The first-order valence-electron chi connectivity index (χ1n) is 0.717. The number of hydrogen-bond acceptors (Lipinski definition) is 3. The van der Waals surface area contributed by atoms with Gasteiger partial charge in [0.2, 0.25) is 0 Å². The molecule has 0 fully saturated rings. The molecule has 6 heteroatoms. The molecule has 0 aromatic carbocycles. The second-order valence-corrected chi connectivity index (χ2v) is 2.55. The Morgan fingerprint density at radius 1 is 1.17 bits per heavy atom. The Morgan fingerprint density at radius 2 is 1.17 bits per heavy atom. The van der Waals surface area contributed by atoms with Gasteiger partial charge in [0.05, 0.1) is 0 Å². The summed E-state index contributed by atoms with van der Waals surface area (Å²) in [4.78, 5) is 0. The minimum absolute atomic E-state index is 0. The maximum absolute atomic E-state index is 10.2. The Bertz CT molecular complexity index is 132. The summed E-state index contributed by atoms with van der Waals surface area (Å²) < 4.78 is 35.8. The van der Waals surface area contributed by atoms with Gasteiger partial charge in [-0.15, -0.1) is 0 Å². The van der Waals surface area contributed by atoms with E-state index in [1.54, 1.807) is 0 Å². The molecule has 0 spiro atoms. The molecule has 0 amide bonds. The SMILES string of the molecule is [KH].[O]=[Nb](=[O])(=[O])[F]. The van der Waals surface area contributed by atoms with Crippen molar-refractivity contribution in [2.45, 2.75) is 0 Å². The molecule has 0 rings (SSSR count). The average molecular weight is 200 g/mol. The van der Waals surface area contributed by atoms with Crippen LogP contribution in [0.1, 0.15) is 0 Å². The van der Waals surface area contributed by atoms with Crippen LogP contribution >= 0.6 is 0 Å². The fourth-order valence-corrected chi connectivity index (χ4v) is 0. The van der Waals surface area contributed by atoms with Crippen molar-refractivity contribution in [3.63, 3.8) is 0 Å². The zero-order valence-electron chi connectivity index (χ0n) is 2.05. The van der Waals surface area contributed by atoms with E-state index in [2.05, 4.69) is 0 Å².